The summed E-state index contributed by atoms with van der Waals surface area (Å²) in [5.41, 5.74) is 2.62. The molecule has 4 N–H and O–H groups in total. The standard InChI is InChI=1S/C34H34F2N12O11P2/c1-45-41-31(39-43-45)29-9-3-19(13-37-29)25-7-5-21(11-27(25)35)47-15-23(57-33(47)49)17-55-60(51,52)59-61(53,54)56-18-24-16-48(34(50)58-24)22-6-8-26(28(36)12-22)20-4-10-30(38-14-20)32-40-44-46(2)42-32/h3-14,23-24,33-34,49-50H,15-18H2,1-2H3,(H,51,52)(H,53,54)/t23-,24-,33?,34?/m1/s1. The van der Waals surface area contributed by atoms with Crippen molar-refractivity contribution in [2.24, 2.45) is 14.1 Å². The number of aromatic nitrogens is 10. The number of hydrogen-bond donors (Lipinski definition) is 4. The van der Waals surface area contributed by atoms with Crippen molar-refractivity contribution in [1.29, 1.82) is 0 Å². The number of hydrogen-bond acceptors (Lipinski definition) is 19. The lowest BCUT2D eigenvalue weighted by molar-refractivity contribution is -0.0994. The summed E-state index contributed by atoms with van der Waals surface area (Å²) in [5.74, 6) is -0.693. The lowest BCUT2D eigenvalue weighted by Gasteiger charge is -2.21. The van der Waals surface area contributed by atoms with Crippen LogP contribution in [0.3, 0.4) is 0 Å². The fourth-order valence-electron chi connectivity index (χ4n) is 6.36. The molecule has 6 atom stereocenters. The number of aliphatic hydroxyl groups excluding tert-OH is 2. The molecule has 0 aliphatic carbocycles. The number of ether oxygens (including phenoxy) is 2. The van der Waals surface area contributed by atoms with E-state index >= 15 is 8.78 Å². The van der Waals surface area contributed by atoms with E-state index in [9.17, 15) is 29.1 Å². The molecule has 0 amide bonds. The number of anilines is 2. The third-order valence-electron chi connectivity index (χ3n) is 9.21. The van der Waals surface area contributed by atoms with Gasteiger partial charge in [0.15, 0.2) is 0 Å². The number of rotatable bonds is 14. The molecular weight excluding hydrogens is 852 g/mol. The Labute approximate surface area is 342 Å². The topological polar surface area (TPSA) is 281 Å². The van der Waals surface area contributed by atoms with E-state index < -0.39 is 65.5 Å². The molecule has 2 aromatic carbocycles. The minimum absolute atomic E-state index is 0.147. The van der Waals surface area contributed by atoms with Gasteiger partial charge in [0.2, 0.25) is 24.5 Å². The summed E-state index contributed by atoms with van der Waals surface area (Å²) < 4.78 is 80.7. The van der Waals surface area contributed by atoms with Gasteiger partial charge in [-0.05, 0) is 59.0 Å². The van der Waals surface area contributed by atoms with Crippen molar-refractivity contribution >= 4 is 27.0 Å². The van der Waals surface area contributed by atoms with Crippen molar-refractivity contribution < 1.29 is 60.7 Å². The van der Waals surface area contributed by atoms with Crippen LogP contribution in [0.25, 0.3) is 45.3 Å². The van der Waals surface area contributed by atoms with Crippen LogP contribution in [0.15, 0.2) is 73.1 Å². The molecule has 4 unspecified atom stereocenters. The second-order valence-electron chi connectivity index (χ2n) is 13.5. The molecule has 23 nitrogen and oxygen atoms in total. The smallest absolute Gasteiger partial charge is 0.351 e. The number of phosphoric ester groups is 2. The van der Waals surface area contributed by atoms with Gasteiger partial charge in [0.05, 0.1) is 40.4 Å². The van der Waals surface area contributed by atoms with Gasteiger partial charge in [-0.3, -0.25) is 19.0 Å². The van der Waals surface area contributed by atoms with E-state index in [-0.39, 0.29) is 35.6 Å². The highest BCUT2D eigenvalue weighted by molar-refractivity contribution is 7.61. The summed E-state index contributed by atoms with van der Waals surface area (Å²) in [5, 5.41) is 44.5. The molecule has 27 heteroatoms. The number of pyridine rings is 2. The van der Waals surface area contributed by atoms with Gasteiger partial charge < -0.3 is 39.3 Å². The van der Waals surface area contributed by atoms with Crippen LogP contribution >= 0.6 is 15.6 Å². The maximum Gasteiger partial charge on any atom is 0.481 e. The van der Waals surface area contributed by atoms with Crippen LogP contribution in [0.5, 0.6) is 0 Å². The number of benzene rings is 2. The Bertz CT molecular complexity index is 2450. The molecule has 0 saturated carbocycles. The number of tetrazole rings is 2. The Hall–Kier alpha value is -5.56. The van der Waals surface area contributed by atoms with Crippen molar-refractivity contribution in [3.8, 4) is 45.3 Å². The van der Waals surface area contributed by atoms with Crippen molar-refractivity contribution in [2.45, 2.75) is 25.0 Å². The number of nitrogens with zero attached hydrogens (tertiary/aromatic N) is 12. The Morgan fingerprint density at radius 3 is 1.46 bits per heavy atom. The Kier molecular flexibility index (Phi) is 11.8. The maximum absolute atomic E-state index is 15.3. The van der Waals surface area contributed by atoms with Gasteiger partial charge in [-0.1, -0.05) is 12.1 Å². The second kappa shape index (κ2) is 17.1. The fourth-order valence-corrected chi connectivity index (χ4v) is 8.49. The SMILES string of the molecule is Cn1nnc(-c2ccc(-c3ccc(N4C[C@H](COP(=O)(O)OP(=O)(O)OC[C@H]5CN(c6ccc(-c7ccc(-c8nnn(C)n8)nc7)c(F)c6)C(O)O5)OC4O)cc3F)cn2)n1. The maximum atomic E-state index is 15.3. The lowest BCUT2D eigenvalue weighted by atomic mass is 10.1. The van der Waals surface area contributed by atoms with Crippen molar-refractivity contribution in [2.75, 3.05) is 36.1 Å². The Balaban J connectivity index is 0.806. The van der Waals surface area contributed by atoms with Gasteiger partial charge in [-0.2, -0.15) is 13.9 Å². The zero-order valence-electron chi connectivity index (χ0n) is 31.7. The highest BCUT2D eigenvalue weighted by atomic mass is 31.3. The van der Waals surface area contributed by atoms with Crippen LogP contribution in [-0.2, 0) is 46.1 Å². The largest absolute Gasteiger partial charge is 0.481 e. The van der Waals surface area contributed by atoms with Crippen LogP contribution in [0, 0.1) is 11.6 Å². The van der Waals surface area contributed by atoms with Gasteiger partial charge >= 0.3 is 15.6 Å². The Morgan fingerprint density at radius 1 is 0.689 bits per heavy atom. The fraction of sp³-hybridized carbons (Fsp3) is 0.294. The molecule has 320 valence electrons. The van der Waals surface area contributed by atoms with Crippen molar-refractivity contribution in [3.63, 3.8) is 0 Å². The van der Waals surface area contributed by atoms with Crippen LogP contribution in [0.4, 0.5) is 20.2 Å². The van der Waals surface area contributed by atoms with Crippen molar-refractivity contribution in [1.82, 2.24) is 50.4 Å². The molecular formula is C34H34F2N12O11P2. The average molecular weight is 887 g/mol. The van der Waals surface area contributed by atoms with E-state index in [1.54, 1.807) is 38.4 Å². The Morgan fingerprint density at radius 2 is 1.11 bits per heavy atom. The van der Waals surface area contributed by atoms with Gasteiger partial charge in [0.1, 0.15) is 35.2 Å². The van der Waals surface area contributed by atoms with E-state index in [4.69, 9.17) is 18.5 Å². The predicted octanol–water partition coefficient (Wildman–Crippen LogP) is 2.38. The van der Waals surface area contributed by atoms with Crippen molar-refractivity contribution in [3.05, 3.63) is 84.7 Å². The molecule has 2 saturated heterocycles. The van der Waals surface area contributed by atoms with Crippen LogP contribution < -0.4 is 9.80 Å². The van der Waals surface area contributed by atoms with E-state index in [2.05, 4.69) is 45.1 Å². The normalized spacial score (nSPS) is 21.2. The highest BCUT2D eigenvalue weighted by Gasteiger charge is 2.40. The summed E-state index contributed by atoms with van der Waals surface area (Å²) in [6.07, 6.45) is -2.47. The third-order valence-corrected chi connectivity index (χ3v) is 11.8. The number of aryl methyl sites for hydroxylation is 2. The first kappa shape index (κ1) is 42.1. The zero-order valence-corrected chi connectivity index (χ0v) is 33.5. The third kappa shape index (κ3) is 9.67. The molecule has 6 heterocycles. The number of halogens is 2. The molecule has 2 aliphatic heterocycles. The van der Waals surface area contributed by atoms with E-state index in [0.29, 0.717) is 34.2 Å². The van der Waals surface area contributed by atoms with Crippen LogP contribution in [0.1, 0.15) is 0 Å². The first-order valence-corrected chi connectivity index (χ1v) is 21.0. The van der Waals surface area contributed by atoms with Crippen LogP contribution in [0.2, 0.25) is 0 Å². The van der Waals surface area contributed by atoms with Gasteiger partial charge in [-0.25, -0.2) is 17.9 Å². The minimum Gasteiger partial charge on any atom is -0.351 e. The number of phosphoric acid groups is 2. The predicted molar refractivity (Wildman–Crippen MR) is 204 cm³/mol. The highest BCUT2D eigenvalue weighted by Crippen LogP contribution is 2.60. The van der Waals surface area contributed by atoms with Gasteiger partial charge in [0, 0.05) is 46.0 Å². The molecule has 6 aromatic rings. The molecule has 8 rings (SSSR count). The molecule has 61 heavy (non-hydrogen) atoms. The molecule has 0 radical (unpaired) electrons. The first-order chi connectivity index (χ1) is 29.1. The minimum atomic E-state index is -5.29. The lowest BCUT2D eigenvalue weighted by Crippen LogP contribution is -2.30. The summed E-state index contributed by atoms with van der Waals surface area (Å²) in [6, 6.07) is 14.8. The molecule has 0 bridgehead atoms. The molecule has 2 fully saturated rings. The summed E-state index contributed by atoms with van der Waals surface area (Å²) >= 11 is 0. The van der Waals surface area contributed by atoms with Crippen LogP contribution in [-0.4, -0.2) is 122 Å². The van der Waals surface area contributed by atoms with E-state index in [0.717, 1.165) is 12.1 Å². The number of aliphatic hydroxyl groups is 2. The van der Waals surface area contributed by atoms with Gasteiger partial charge in [0.25, 0.3) is 0 Å². The zero-order chi connectivity index (χ0) is 43.1. The average Bonchev–Trinajstić information content (AvgIpc) is 4.03. The monoisotopic (exact) mass is 886 g/mol. The summed E-state index contributed by atoms with van der Waals surface area (Å²) in [7, 11) is -7.36. The van der Waals surface area contributed by atoms with E-state index in [1.807, 2.05) is 0 Å². The first-order valence-electron chi connectivity index (χ1n) is 18.0. The summed E-state index contributed by atoms with van der Waals surface area (Å²) in [6.45, 7) is -1.70. The molecule has 0 spiro atoms. The van der Waals surface area contributed by atoms with Gasteiger partial charge in [-0.15, -0.1) is 20.4 Å². The molecule has 2 aliphatic rings. The molecule has 4 aromatic heterocycles. The quantitative estimate of drug-likeness (QED) is 0.114. The van der Waals surface area contributed by atoms with E-state index in [1.165, 1.54) is 56.1 Å². The summed E-state index contributed by atoms with van der Waals surface area (Å²) in [4.78, 5) is 34.0. The second-order valence-corrected chi connectivity index (χ2v) is 16.5.